The summed E-state index contributed by atoms with van der Waals surface area (Å²) in [6.07, 6.45) is 8.06. The van der Waals surface area contributed by atoms with E-state index in [2.05, 4.69) is 10.6 Å². The highest BCUT2D eigenvalue weighted by molar-refractivity contribution is 5.92. The molecule has 25 heavy (non-hydrogen) atoms. The summed E-state index contributed by atoms with van der Waals surface area (Å²) in [6.45, 7) is 0.396. The van der Waals surface area contributed by atoms with Gasteiger partial charge in [0.05, 0.1) is 11.8 Å². The Morgan fingerprint density at radius 3 is 2.40 bits per heavy atom. The van der Waals surface area contributed by atoms with E-state index < -0.39 is 0 Å². The lowest BCUT2D eigenvalue weighted by Gasteiger charge is -2.16. The van der Waals surface area contributed by atoms with Crippen LogP contribution in [0.15, 0.2) is 24.3 Å². The van der Waals surface area contributed by atoms with Crippen LogP contribution in [0.5, 0.6) is 0 Å². The molecule has 3 rings (SSSR count). The van der Waals surface area contributed by atoms with Gasteiger partial charge in [-0.2, -0.15) is 0 Å². The first-order valence-electron chi connectivity index (χ1n) is 9.46. The molecule has 2 aliphatic rings. The fourth-order valence-corrected chi connectivity index (χ4v) is 3.66. The molecule has 0 radical (unpaired) electrons. The minimum Gasteiger partial charge on any atom is -0.356 e. The van der Waals surface area contributed by atoms with E-state index in [1.165, 1.54) is 31.7 Å². The number of nitrogens with one attached hydrogen (secondary N) is 2. The third kappa shape index (κ3) is 5.03. The number of rotatable bonds is 6. The molecule has 0 aromatic heterocycles. The predicted molar refractivity (Wildman–Crippen MR) is 94.3 cm³/mol. The SMILES string of the molecule is O=C(NCCc1ccccc1F)C1CC1C(=O)NC1CCCCCC1. The van der Waals surface area contributed by atoms with Gasteiger partial charge in [0.2, 0.25) is 11.8 Å². The van der Waals surface area contributed by atoms with E-state index in [-0.39, 0.29) is 35.5 Å². The highest BCUT2D eigenvalue weighted by atomic mass is 19.1. The Hall–Kier alpha value is -1.91. The molecule has 4 nitrogen and oxygen atoms in total. The Balaban J connectivity index is 1.38. The van der Waals surface area contributed by atoms with E-state index >= 15 is 0 Å². The molecule has 5 heteroatoms. The Kier molecular flexibility index (Phi) is 6.05. The normalized spacial score (nSPS) is 23.6. The summed E-state index contributed by atoms with van der Waals surface area (Å²) in [6, 6.07) is 6.86. The zero-order chi connectivity index (χ0) is 17.6. The van der Waals surface area contributed by atoms with Crippen molar-refractivity contribution in [3.8, 4) is 0 Å². The molecule has 2 unspecified atom stereocenters. The van der Waals surface area contributed by atoms with Crippen LogP contribution in [0, 0.1) is 17.7 Å². The Bertz CT molecular complexity index is 611. The third-order valence-corrected chi connectivity index (χ3v) is 5.32. The van der Waals surface area contributed by atoms with Crippen molar-refractivity contribution in [2.75, 3.05) is 6.54 Å². The van der Waals surface area contributed by atoms with Gasteiger partial charge in [-0.15, -0.1) is 0 Å². The molecule has 2 amide bonds. The maximum absolute atomic E-state index is 13.5. The number of hydrogen-bond donors (Lipinski definition) is 2. The minimum atomic E-state index is -0.246. The van der Waals surface area contributed by atoms with E-state index in [1.54, 1.807) is 18.2 Å². The first-order chi connectivity index (χ1) is 12.1. The summed E-state index contributed by atoms with van der Waals surface area (Å²) in [7, 11) is 0. The fourth-order valence-electron chi connectivity index (χ4n) is 3.66. The summed E-state index contributed by atoms with van der Waals surface area (Å²) < 4.78 is 13.5. The minimum absolute atomic E-state index is 0.0288. The molecule has 0 aliphatic heterocycles. The van der Waals surface area contributed by atoms with Gasteiger partial charge in [0, 0.05) is 12.6 Å². The lowest BCUT2D eigenvalue weighted by Crippen LogP contribution is -2.37. The summed E-state index contributed by atoms with van der Waals surface area (Å²) in [5, 5.41) is 5.96. The van der Waals surface area contributed by atoms with Crippen molar-refractivity contribution in [1.82, 2.24) is 10.6 Å². The van der Waals surface area contributed by atoms with Gasteiger partial charge in [-0.3, -0.25) is 9.59 Å². The van der Waals surface area contributed by atoms with Crippen molar-refractivity contribution in [3.63, 3.8) is 0 Å². The number of halogens is 1. The zero-order valence-corrected chi connectivity index (χ0v) is 14.6. The van der Waals surface area contributed by atoms with E-state index in [0.717, 1.165) is 12.8 Å². The molecule has 136 valence electrons. The van der Waals surface area contributed by atoms with Crippen molar-refractivity contribution in [2.45, 2.75) is 57.4 Å². The molecule has 2 atom stereocenters. The van der Waals surface area contributed by atoms with Gasteiger partial charge >= 0.3 is 0 Å². The molecular formula is C20H27FN2O2. The van der Waals surface area contributed by atoms with Crippen molar-refractivity contribution in [2.24, 2.45) is 11.8 Å². The molecule has 0 saturated heterocycles. The van der Waals surface area contributed by atoms with Crippen LogP contribution in [0.2, 0.25) is 0 Å². The average molecular weight is 346 g/mol. The van der Waals surface area contributed by atoms with Gasteiger partial charge in [-0.05, 0) is 37.3 Å². The van der Waals surface area contributed by atoms with Crippen molar-refractivity contribution in [3.05, 3.63) is 35.6 Å². The van der Waals surface area contributed by atoms with Gasteiger partial charge in [0.15, 0.2) is 0 Å². The fraction of sp³-hybridized carbons (Fsp3) is 0.600. The van der Waals surface area contributed by atoms with Crippen LogP contribution in [-0.2, 0) is 16.0 Å². The smallest absolute Gasteiger partial charge is 0.224 e. The monoisotopic (exact) mass is 346 g/mol. The van der Waals surface area contributed by atoms with Crippen molar-refractivity contribution >= 4 is 11.8 Å². The zero-order valence-electron chi connectivity index (χ0n) is 14.6. The van der Waals surface area contributed by atoms with Gasteiger partial charge in [0.1, 0.15) is 5.82 Å². The van der Waals surface area contributed by atoms with Crippen LogP contribution in [0.25, 0.3) is 0 Å². The molecule has 0 heterocycles. The number of hydrogen-bond acceptors (Lipinski definition) is 2. The molecule has 0 bridgehead atoms. The lowest BCUT2D eigenvalue weighted by molar-refractivity contribution is -0.127. The van der Waals surface area contributed by atoms with Gasteiger partial charge in [0.25, 0.3) is 0 Å². The largest absolute Gasteiger partial charge is 0.356 e. The van der Waals surface area contributed by atoms with Crippen LogP contribution in [-0.4, -0.2) is 24.4 Å². The lowest BCUT2D eigenvalue weighted by atomic mass is 10.1. The number of carbonyl (C=O) groups excluding carboxylic acids is 2. The maximum atomic E-state index is 13.5. The van der Waals surface area contributed by atoms with E-state index in [9.17, 15) is 14.0 Å². The molecule has 2 saturated carbocycles. The average Bonchev–Trinajstić information content (AvgIpc) is 3.41. The van der Waals surface area contributed by atoms with Crippen LogP contribution >= 0.6 is 0 Å². The van der Waals surface area contributed by atoms with Crippen LogP contribution < -0.4 is 10.6 Å². The molecule has 0 spiro atoms. The van der Waals surface area contributed by atoms with E-state index in [0.29, 0.717) is 24.9 Å². The standard InChI is InChI=1S/C20H27FN2O2/c21-18-10-6-5-7-14(18)11-12-22-19(24)16-13-17(16)20(25)23-15-8-3-1-2-4-9-15/h5-7,10,15-17H,1-4,8-9,11-13H2,(H,22,24)(H,23,25). The summed E-state index contributed by atoms with van der Waals surface area (Å²) in [4.78, 5) is 24.5. The van der Waals surface area contributed by atoms with E-state index in [1.807, 2.05) is 0 Å². The highest BCUT2D eigenvalue weighted by Crippen LogP contribution is 2.39. The second kappa shape index (κ2) is 8.45. The first kappa shape index (κ1) is 17.9. The summed E-state index contributed by atoms with van der Waals surface area (Å²) in [5.41, 5.74) is 0.598. The van der Waals surface area contributed by atoms with Crippen LogP contribution in [0.3, 0.4) is 0 Å². The molecular weight excluding hydrogens is 319 g/mol. The van der Waals surface area contributed by atoms with Crippen LogP contribution in [0.4, 0.5) is 4.39 Å². The second-order valence-corrected chi connectivity index (χ2v) is 7.28. The first-order valence-corrected chi connectivity index (χ1v) is 9.46. The van der Waals surface area contributed by atoms with Gasteiger partial charge in [-0.1, -0.05) is 43.9 Å². The van der Waals surface area contributed by atoms with Crippen molar-refractivity contribution in [1.29, 1.82) is 0 Å². The molecule has 2 fully saturated rings. The summed E-state index contributed by atoms with van der Waals surface area (Å²) >= 11 is 0. The van der Waals surface area contributed by atoms with Gasteiger partial charge in [-0.25, -0.2) is 4.39 Å². The second-order valence-electron chi connectivity index (χ2n) is 7.28. The molecule has 2 N–H and O–H groups in total. The van der Waals surface area contributed by atoms with Crippen LogP contribution in [0.1, 0.15) is 50.5 Å². The Morgan fingerprint density at radius 1 is 1.00 bits per heavy atom. The Morgan fingerprint density at radius 2 is 1.68 bits per heavy atom. The number of amides is 2. The summed E-state index contributed by atoms with van der Waals surface area (Å²) in [5.74, 6) is -0.703. The van der Waals surface area contributed by atoms with Crippen molar-refractivity contribution < 1.29 is 14.0 Å². The third-order valence-electron chi connectivity index (χ3n) is 5.32. The number of benzene rings is 1. The topological polar surface area (TPSA) is 58.2 Å². The Labute approximate surface area is 148 Å². The predicted octanol–water partition coefficient (Wildman–Crippen LogP) is 2.96. The maximum Gasteiger partial charge on any atom is 0.224 e. The van der Waals surface area contributed by atoms with E-state index in [4.69, 9.17) is 0 Å². The molecule has 1 aromatic rings. The van der Waals surface area contributed by atoms with Gasteiger partial charge < -0.3 is 10.6 Å². The quantitative estimate of drug-likeness (QED) is 0.778. The number of carbonyl (C=O) groups is 2. The molecule has 1 aromatic carbocycles. The molecule has 2 aliphatic carbocycles. The highest BCUT2D eigenvalue weighted by Gasteiger charge is 2.48.